The van der Waals surface area contributed by atoms with Gasteiger partial charge in [0.25, 0.3) is 0 Å². The molecule has 35 heavy (non-hydrogen) atoms. The molecule has 8 atom stereocenters. The predicted octanol–water partition coefficient (Wildman–Crippen LogP) is 4.91. The van der Waals surface area contributed by atoms with E-state index in [4.69, 9.17) is 14.2 Å². The SMILES string of the molecule is CC(C)[C@@]12C[C@@H](OC(=O)[C@@H](C)O)[C@@](C)(O1)[C@@H]1CC[C@@H](C)[C@H]1[C@@H]2OC(=O)c1ccc2ccccc2c1. The zero-order chi connectivity index (χ0) is 25.1. The molecule has 1 aliphatic carbocycles. The van der Waals surface area contributed by atoms with Gasteiger partial charge < -0.3 is 19.3 Å². The minimum absolute atomic E-state index is 0.0280. The highest BCUT2D eigenvalue weighted by atomic mass is 16.6. The van der Waals surface area contributed by atoms with Crippen LogP contribution in [-0.2, 0) is 19.0 Å². The largest absolute Gasteiger partial charge is 0.457 e. The van der Waals surface area contributed by atoms with Gasteiger partial charge >= 0.3 is 11.9 Å². The number of carbonyl (C=O) groups excluding carboxylic acids is 2. The maximum Gasteiger partial charge on any atom is 0.338 e. The predicted molar refractivity (Wildman–Crippen MR) is 132 cm³/mol. The van der Waals surface area contributed by atoms with Crippen molar-refractivity contribution >= 4 is 22.7 Å². The first kappa shape index (κ1) is 24.3. The van der Waals surface area contributed by atoms with Gasteiger partial charge in [-0.2, -0.15) is 0 Å². The molecule has 5 rings (SSSR count). The van der Waals surface area contributed by atoms with Crippen LogP contribution in [-0.4, -0.2) is 46.6 Å². The molecule has 6 nitrogen and oxygen atoms in total. The number of aliphatic hydroxyl groups is 1. The normalized spacial score (nSPS) is 36.7. The van der Waals surface area contributed by atoms with E-state index in [0.29, 0.717) is 17.9 Å². The Balaban J connectivity index is 1.51. The summed E-state index contributed by atoms with van der Waals surface area (Å²) in [6, 6.07) is 13.6. The van der Waals surface area contributed by atoms with Crippen molar-refractivity contribution in [2.75, 3.05) is 0 Å². The molecule has 1 saturated carbocycles. The quantitative estimate of drug-likeness (QED) is 0.613. The Labute approximate surface area is 206 Å². The number of carbonyl (C=O) groups is 2. The minimum Gasteiger partial charge on any atom is -0.457 e. The summed E-state index contributed by atoms with van der Waals surface area (Å²) in [5, 5.41) is 11.9. The second-order valence-corrected chi connectivity index (χ2v) is 11.3. The number of benzene rings is 2. The molecule has 0 amide bonds. The molecule has 2 aromatic rings. The molecule has 2 aromatic carbocycles. The number of hydrogen-bond acceptors (Lipinski definition) is 6. The van der Waals surface area contributed by atoms with Gasteiger partial charge in [-0.1, -0.05) is 51.1 Å². The Morgan fingerprint density at radius 1 is 1.06 bits per heavy atom. The lowest BCUT2D eigenvalue weighted by Gasteiger charge is -2.53. The summed E-state index contributed by atoms with van der Waals surface area (Å²) in [7, 11) is 0. The van der Waals surface area contributed by atoms with Gasteiger partial charge in [-0.05, 0) is 67.3 Å². The lowest BCUT2D eigenvalue weighted by Crippen LogP contribution is -2.62. The smallest absolute Gasteiger partial charge is 0.338 e. The molecule has 0 aromatic heterocycles. The van der Waals surface area contributed by atoms with E-state index in [0.717, 1.165) is 23.6 Å². The zero-order valence-corrected chi connectivity index (χ0v) is 21.2. The molecule has 0 radical (unpaired) electrons. The Kier molecular flexibility index (Phi) is 5.96. The molecule has 0 unspecified atom stereocenters. The highest BCUT2D eigenvalue weighted by Crippen LogP contribution is 2.63. The molecular weight excluding hydrogens is 444 g/mol. The van der Waals surface area contributed by atoms with Crippen LogP contribution < -0.4 is 0 Å². The van der Waals surface area contributed by atoms with Crippen molar-refractivity contribution in [2.24, 2.45) is 23.7 Å². The fraction of sp³-hybridized carbons (Fsp3) is 0.586. The van der Waals surface area contributed by atoms with Crippen LogP contribution in [0.4, 0.5) is 0 Å². The van der Waals surface area contributed by atoms with Crippen LogP contribution >= 0.6 is 0 Å². The maximum absolute atomic E-state index is 13.5. The van der Waals surface area contributed by atoms with Crippen molar-refractivity contribution in [2.45, 2.75) is 83.4 Å². The molecular formula is C29H36O6. The van der Waals surface area contributed by atoms with Crippen molar-refractivity contribution in [3.8, 4) is 0 Å². The van der Waals surface area contributed by atoms with E-state index < -0.39 is 35.5 Å². The average molecular weight is 481 g/mol. The minimum atomic E-state index is -1.20. The van der Waals surface area contributed by atoms with E-state index in [-0.39, 0.29) is 23.7 Å². The number of hydrogen-bond donors (Lipinski definition) is 1. The van der Waals surface area contributed by atoms with Gasteiger partial charge in [0.2, 0.25) is 0 Å². The summed E-state index contributed by atoms with van der Waals surface area (Å²) in [5.41, 5.74) is -0.936. The summed E-state index contributed by atoms with van der Waals surface area (Å²) < 4.78 is 19.1. The van der Waals surface area contributed by atoms with Gasteiger partial charge in [-0.25, -0.2) is 9.59 Å². The van der Waals surface area contributed by atoms with Gasteiger partial charge in [0, 0.05) is 12.3 Å². The van der Waals surface area contributed by atoms with E-state index in [1.165, 1.54) is 6.92 Å². The molecule has 2 aliphatic heterocycles. The number of rotatable bonds is 5. The van der Waals surface area contributed by atoms with Crippen molar-refractivity contribution in [1.29, 1.82) is 0 Å². The van der Waals surface area contributed by atoms with Crippen LogP contribution in [0.1, 0.15) is 64.2 Å². The van der Waals surface area contributed by atoms with Crippen LogP contribution in [0.15, 0.2) is 42.5 Å². The standard InChI is InChI=1S/C29H36O6/c1-16(2)29-15-23(33-26(31)18(4)30)28(5,35-29)22-13-10-17(3)24(22)25(29)34-27(32)21-12-11-19-8-6-7-9-20(19)14-21/h6-9,11-12,14,16-18,22-25,30H,10,13,15H2,1-5H3/t17-,18-,22-,23-,24-,25+,28+,29-/m1/s1. The Morgan fingerprint density at radius 3 is 2.46 bits per heavy atom. The van der Waals surface area contributed by atoms with Gasteiger partial charge in [0.1, 0.15) is 29.5 Å². The number of ether oxygens (including phenoxy) is 3. The van der Waals surface area contributed by atoms with E-state index in [2.05, 4.69) is 20.8 Å². The van der Waals surface area contributed by atoms with Crippen molar-refractivity contribution < 1.29 is 28.9 Å². The molecule has 1 N–H and O–H groups in total. The van der Waals surface area contributed by atoms with Crippen LogP contribution in [0.3, 0.4) is 0 Å². The second-order valence-electron chi connectivity index (χ2n) is 11.3. The lowest BCUT2D eigenvalue weighted by atomic mass is 9.69. The zero-order valence-electron chi connectivity index (χ0n) is 21.2. The molecule has 3 fully saturated rings. The summed E-state index contributed by atoms with van der Waals surface area (Å²) in [5.74, 6) is -0.417. The summed E-state index contributed by atoms with van der Waals surface area (Å²) >= 11 is 0. The highest BCUT2D eigenvalue weighted by Gasteiger charge is 2.72. The molecule has 3 aliphatic rings. The van der Waals surface area contributed by atoms with Crippen molar-refractivity contribution in [1.82, 2.24) is 0 Å². The molecule has 188 valence electrons. The summed E-state index contributed by atoms with van der Waals surface area (Å²) in [6.45, 7) is 9.83. The topological polar surface area (TPSA) is 82.1 Å². The molecule has 0 spiro atoms. The summed E-state index contributed by atoms with van der Waals surface area (Å²) in [4.78, 5) is 25.9. The molecule has 2 heterocycles. The first-order chi connectivity index (χ1) is 16.6. The maximum atomic E-state index is 13.5. The first-order valence-electron chi connectivity index (χ1n) is 12.9. The van der Waals surface area contributed by atoms with Crippen LogP contribution in [0.5, 0.6) is 0 Å². The van der Waals surface area contributed by atoms with Crippen LogP contribution in [0.25, 0.3) is 10.8 Å². The van der Waals surface area contributed by atoms with Gasteiger partial charge in [-0.15, -0.1) is 0 Å². The third-order valence-corrected chi connectivity index (χ3v) is 8.97. The first-order valence-corrected chi connectivity index (χ1v) is 12.9. The van der Waals surface area contributed by atoms with Crippen LogP contribution in [0, 0.1) is 23.7 Å². The summed E-state index contributed by atoms with van der Waals surface area (Å²) in [6.07, 6.45) is 0.206. The average Bonchev–Trinajstić information content (AvgIpc) is 3.34. The van der Waals surface area contributed by atoms with Crippen molar-refractivity contribution in [3.63, 3.8) is 0 Å². The van der Waals surface area contributed by atoms with E-state index in [1.807, 2.05) is 49.4 Å². The van der Waals surface area contributed by atoms with E-state index in [9.17, 15) is 14.7 Å². The highest BCUT2D eigenvalue weighted by molar-refractivity contribution is 5.95. The van der Waals surface area contributed by atoms with Gasteiger partial charge in [-0.3, -0.25) is 0 Å². The molecule has 2 bridgehead atoms. The molecule has 2 saturated heterocycles. The third kappa shape index (κ3) is 3.77. The van der Waals surface area contributed by atoms with Crippen molar-refractivity contribution in [3.05, 3.63) is 48.0 Å². The van der Waals surface area contributed by atoms with Gasteiger partial charge in [0.15, 0.2) is 0 Å². The van der Waals surface area contributed by atoms with E-state index >= 15 is 0 Å². The van der Waals surface area contributed by atoms with E-state index in [1.54, 1.807) is 0 Å². The fourth-order valence-corrected chi connectivity index (χ4v) is 6.98. The lowest BCUT2D eigenvalue weighted by molar-refractivity contribution is -0.259. The Hall–Kier alpha value is -2.44. The number of aliphatic hydroxyl groups excluding tert-OH is 1. The second kappa shape index (κ2) is 8.59. The number of esters is 2. The monoisotopic (exact) mass is 480 g/mol. The Bertz CT molecular complexity index is 1140. The van der Waals surface area contributed by atoms with Gasteiger partial charge in [0.05, 0.1) is 5.56 Å². The Morgan fingerprint density at radius 2 is 1.77 bits per heavy atom. The third-order valence-electron chi connectivity index (χ3n) is 8.97. The molecule has 6 heteroatoms. The van der Waals surface area contributed by atoms with Crippen LogP contribution in [0.2, 0.25) is 0 Å². The number of fused-ring (bicyclic) bond motifs is 5. The fourth-order valence-electron chi connectivity index (χ4n) is 6.98.